The second-order valence-corrected chi connectivity index (χ2v) is 10.9. The summed E-state index contributed by atoms with van der Waals surface area (Å²) < 4.78 is 12.5. The van der Waals surface area contributed by atoms with Gasteiger partial charge in [-0.05, 0) is 87.4 Å². The summed E-state index contributed by atoms with van der Waals surface area (Å²) >= 11 is 0. The summed E-state index contributed by atoms with van der Waals surface area (Å²) in [6, 6.07) is 0. The molecule has 1 saturated heterocycles. The first-order chi connectivity index (χ1) is 12.7. The molecule has 1 heterocycles. The summed E-state index contributed by atoms with van der Waals surface area (Å²) in [4.78, 5) is 12.0. The number of aliphatic hydroxyl groups is 1. The van der Waals surface area contributed by atoms with Crippen LogP contribution in [0.2, 0.25) is 0 Å². The lowest BCUT2D eigenvalue weighted by Crippen LogP contribution is -2.59. The molecule has 4 nitrogen and oxygen atoms in total. The lowest BCUT2D eigenvalue weighted by molar-refractivity contribution is -0.248. The molecule has 0 amide bonds. The van der Waals surface area contributed by atoms with Gasteiger partial charge in [0.25, 0.3) is 0 Å². The van der Waals surface area contributed by atoms with Crippen molar-refractivity contribution < 1.29 is 19.4 Å². The summed E-state index contributed by atoms with van der Waals surface area (Å²) in [6.07, 6.45) is 9.46. The third-order valence-electron chi connectivity index (χ3n) is 10.2. The van der Waals surface area contributed by atoms with Gasteiger partial charge in [0.15, 0.2) is 11.6 Å². The zero-order chi connectivity index (χ0) is 19.1. The van der Waals surface area contributed by atoms with Crippen molar-refractivity contribution in [1.29, 1.82) is 0 Å². The molecular weight excluding hydrogens is 340 g/mol. The molecule has 0 radical (unpaired) electrons. The number of ketones is 1. The summed E-state index contributed by atoms with van der Waals surface area (Å²) in [7, 11) is 0. The van der Waals surface area contributed by atoms with E-state index in [1.165, 1.54) is 25.7 Å². The molecule has 7 atom stereocenters. The predicted molar refractivity (Wildman–Crippen MR) is 102 cm³/mol. The maximum Gasteiger partial charge on any atom is 0.174 e. The lowest BCUT2D eigenvalue weighted by atomic mass is 9.44. The fourth-order valence-corrected chi connectivity index (χ4v) is 8.45. The summed E-state index contributed by atoms with van der Waals surface area (Å²) in [5.41, 5.74) is -0.634. The Labute approximate surface area is 163 Å². The van der Waals surface area contributed by atoms with E-state index >= 15 is 0 Å². The monoisotopic (exact) mass is 376 g/mol. The van der Waals surface area contributed by atoms with Crippen LogP contribution in [0, 0.1) is 34.5 Å². The van der Waals surface area contributed by atoms with Crippen LogP contribution < -0.4 is 0 Å². The van der Waals surface area contributed by atoms with Crippen molar-refractivity contribution >= 4 is 5.78 Å². The molecule has 0 unspecified atom stereocenters. The summed E-state index contributed by atoms with van der Waals surface area (Å²) in [6.45, 7) is 7.99. The molecule has 5 fully saturated rings. The van der Waals surface area contributed by atoms with Crippen molar-refractivity contribution in [3.8, 4) is 0 Å². The minimum absolute atomic E-state index is 0.0313. The zero-order valence-corrected chi connectivity index (χ0v) is 17.3. The van der Waals surface area contributed by atoms with Crippen LogP contribution in [-0.4, -0.2) is 35.5 Å². The highest BCUT2D eigenvalue weighted by molar-refractivity contribution is 5.84. The first-order valence-electron chi connectivity index (χ1n) is 11.3. The molecule has 4 heteroatoms. The Hall–Kier alpha value is -0.450. The van der Waals surface area contributed by atoms with Gasteiger partial charge in [0.1, 0.15) is 5.60 Å². The van der Waals surface area contributed by atoms with Crippen LogP contribution in [0.3, 0.4) is 0 Å². The molecule has 4 saturated carbocycles. The molecule has 1 spiro atoms. The van der Waals surface area contributed by atoms with Crippen molar-refractivity contribution in [3.63, 3.8) is 0 Å². The van der Waals surface area contributed by atoms with Crippen LogP contribution in [0.1, 0.15) is 78.6 Å². The number of rotatable bonds is 1. The maximum atomic E-state index is 12.0. The van der Waals surface area contributed by atoms with Gasteiger partial charge in [-0.1, -0.05) is 13.8 Å². The van der Waals surface area contributed by atoms with E-state index in [1.807, 2.05) is 0 Å². The average molecular weight is 377 g/mol. The normalized spacial score (nSPS) is 53.6. The second kappa shape index (κ2) is 5.79. The minimum atomic E-state index is -1.07. The fourth-order valence-electron chi connectivity index (χ4n) is 8.45. The lowest BCUT2D eigenvalue weighted by Gasteiger charge is -2.62. The van der Waals surface area contributed by atoms with Crippen LogP contribution >= 0.6 is 0 Å². The Bertz CT molecular complexity index is 640. The van der Waals surface area contributed by atoms with Crippen molar-refractivity contribution in [2.24, 2.45) is 34.5 Å². The van der Waals surface area contributed by atoms with Crippen molar-refractivity contribution in [2.75, 3.05) is 13.2 Å². The number of hydrogen-bond donors (Lipinski definition) is 1. The second-order valence-electron chi connectivity index (χ2n) is 10.9. The van der Waals surface area contributed by atoms with Crippen LogP contribution in [0.15, 0.2) is 0 Å². The van der Waals surface area contributed by atoms with Crippen molar-refractivity contribution in [3.05, 3.63) is 0 Å². The number of fused-ring (bicyclic) bond motifs is 6. The minimum Gasteiger partial charge on any atom is -0.382 e. The molecule has 27 heavy (non-hydrogen) atoms. The highest BCUT2D eigenvalue weighted by atomic mass is 16.7. The standard InChI is InChI=1S/C23H36O4/c1-15(24)22(25)11-10-20(2)16(14-22)4-5-17-18(20)6-8-21(3)19(17)7-9-23(21)26-12-13-27-23/h16-19,25H,4-14H2,1-3H3/t16-,17+,18-,19+,20-,21-,22-/m0/s1. The van der Waals surface area contributed by atoms with Gasteiger partial charge in [-0.15, -0.1) is 0 Å². The molecule has 0 bridgehead atoms. The van der Waals surface area contributed by atoms with Gasteiger partial charge in [0, 0.05) is 11.8 Å². The van der Waals surface area contributed by atoms with Gasteiger partial charge in [0.05, 0.1) is 13.2 Å². The average Bonchev–Trinajstić information content (AvgIpc) is 3.22. The van der Waals surface area contributed by atoms with Gasteiger partial charge >= 0.3 is 0 Å². The first-order valence-corrected chi connectivity index (χ1v) is 11.3. The van der Waals surface area contributed by atoms with E-state index in [0.29, 0.717) is 24.7 Å². The van der Waals surface area contributed by atoms with Crippen molar-refractivity contribution in [1.82, 2.24) is 0 Å². The largest absolute Gasteiger partial charge is 0.382 e. The third-order valence-corrected chi connectivity index (χ3v) is 10.2. The number of hydrogen-bond acceptors (Lipinski definition) is 4. The van der Waals surface area contributed by atoms with E-state index in [9.17, 15) is 9.90 Å². The van der Waals surface area contributed by atoms with Crippen LogP contribution in [0.4, 0.5) is 0 Å². The number of ether oxygens (including phenoxy) is 2. The van der Waals surface area contributed by atoms with E-state index < -0.39 is 5.60 Å². The number of carbonyl (C=O) groups is 1. The Kier molecular flexibility index (Phi) is 3.99. The fraction of sp³-hybridized carbons (Fsp3) is 0.957. The highest BCUT2D eigenvalue weighted by Gasteiger charge is 2.67. The molecular formula is C23H36O4. The molecule has 1 aliphatic heterocycles. The topological polar surface area (TPSA) is 55.8 Å². The van der Waals surface area contributed by atoms with E-state index in [4.69, 9.17) is 9.47 Å². The van der Waals surface area contributed by atoms with Gasteiger partial charge in [-0.3, -0.25) is 4.79 Å². The van der Waals surface area contributed by atoms with E-state index in [0.717, 1.165) is 44.3 Å². The Morgan fingerprint density at radius 1 is 0.926 bits per heavy atom. The smallest absolute Gasteiger partial charge is 0.174 e. The Morgan fingerprint density at radius 3 is 2.33 bits per heavy atom. The maximum absolute atomic E-state index is 12.0. The van der Waals surface area contributed by atoms with E-state index in [2.05, 4.69) is 13.8 Å². The number of carbonyl (C=O) groups excluding carboxylic acids is 1. The van der Waals surface area contributed by atoms with E-state index in [-0.39, 0.29) is 22.4 Å². The van der Waals surface area contributed by atoms with Crippen LogP contribution in [-0.2, 0) is 14.3 Å². The van der Waals surface area contributed by atoms with Crippen LogP contribution in [0.5, 0.6) is 0 Å². The molecule has 0 aromatic carbocycles. The highest BCUT2D eigenvalue weighted by Crippen LogP contribution is 2.69. The molecule has 5 aliphatic rings. The summed E-state index contributed by atoms with van der Waals surface area (Å²) in [5.74, 6) is 2.31. The zero-order valence-electron chi connectivity index (χ0n) is 17.3. The molecule has 1 N–H and O–H groups in total. The molecule has 152 valence electrons. The van der Waals surface area contributed by atoms with Gasteiger partial charge < -0.3 is 14.6 Å². The molecule has 4 aliphatic carbocycles. The molecule has 0 aromatic heterocycles. The van der Waals surface area contributed by atoms with Gasteiger partial charge in [0.2, 0.25) is 0 Å². The predicted octanol–water partition coefficient (Wildman–Crippen LogP) is 4.09. The van der Waals surface area contributed by atoms with Gasteiger partial charge in [-0.25, -0.2) is 0 Å². The SMILES string of the molecule is CC(=O)[C@]1(O)CC[C@@]2(C)[C@@H](CC[C@H]3[C@H]4CCC5(OCCO5)[C@@]4(C)CC[C@@H]32)C1. The van der Waals surface area contributed by atoms with Crippen molar-refractivity contribution in [2.45, 2.75) is 89.9 Å². The number of Topliss-reactive ketones (excluding diaryl/α,β-unsaturated/α-hetero) is 1. The molecule has 0 aromatic rings. The van der Waals surface area contributed by atoms with Gasteiger partial charge in [-0.2, -0.15) is 0 Å². The van der Waals surface area contributed by atoms with E-state index in [1.54, 1.807) is 6.92 Å². The Morgan fingerprint density at radius 2 is 1.63 bits per heavy atom. The molecule has 5 rings (SSSR count). The summed E-state index contributed by atoms with van der Waals surface area (Å²) in [5, 5.41) is 10.8. The van der Waals surface area contributed by atoms with Crippen LogP contribution in [0.25, 0.3) is 0 Å². The third kappa shape index (κ3) is 2.30. The quantitative estimate of drug-likeness (QED) is 0.749. The first kappa shape index (κ1) is 18.6. The Balaban J connectivity index is 1.42.